The van der Waals surface area contributed by atoms with Crippen molar-refractivity contribution < 1.29 is 40.5 Å². The Hall–Kier alpha value is -5.74. The Bertz CT molecular complexity index is 2560. The summed E-state index contributed by atoms with van der Waals surface area (Å²) in [7, 11) is 0. The molecular formula is C48H54ClN3O9S3. The van der Waals surface area contributed by atoms with Crippen LogP contribution < -0.4 is 26.7 Å². The highest BCUT2D eigenvalue weighted by Crippen LogP contribution is 2.39. The normalized spacial score (nSPS) is 13.7. The highest BCUT2D eigenvalue weighted by Gasteiger charge is 2.20. The first-order valence-electron chi connectivity index (χ1n) is 20.5. The molecule has 1 fully saturated rings. The fourth-order valence-electron chi connectivity index (χ4n) is 6.71. The average Bonchev–Trinajstić information content (AvgIpc) is 3.27. The molecule has 12 nitrogen and oxygen atoms in total. The van der Waals surface area contributed by atoms with Gasteiger partial charge in [-0.25, -0.2) is 0 Å². The van der Waals surface area contributed by atoms with Gasteiger partial charge in [0, 0.05) is 5.02 Å². The number of rotatable bonds is 13. The van der Waals surface area contributed by atoms with E-state index in [0.29, 0.717) is 45.3 Å². The first-order valence-corrected chi connectivity index (χ1v) is 24.1. The molecule has 1 aliphatic carbocycles. The van der Waals surface area contributed by atoms with Crippen LogP contribution in [0.25, 0.3) is 0 Å². The van der Waals surface area contributed by atoms with E-state index in [4.69, 9.17) is 24.2 Å². The van der Waals surface area contributed by atoms with E-state index < -0.39 is 33.8 Å². The minimum absolute atomic E-state index is 0.0288. The Labute approximate surface area is 388 Å². The highest BCUT2D eigenvalue weighted by molar-refractivity contribution is 7.82. The van der Waals surface area contributed by atoms with Crippen molar-refractivity contribution in [3.63, 3.8) is 0 Å². The van der Waals surface area contributed by atoms with Gasteiger partial charge in [-0.2, -0.15) is 12.6 Å². The summed E-state index contributed by atoms with van der Waals surface area (Å²) in [5, 5.41) is 30.6. The van der Waals surface area contributed by atoms with Crippen molar-refractivity contribution in [1.82, 2.24) is 0 Å². The first-order chi connectivity index (χ1) is 30.6. The maximum atomic E-state index is 12.2. The molecule has 340 valence electrons. The fraction of sp³-hybridized carbons (Fsp3) is 0.250. The number of halogens is 1. The van der Waals surface area contributed by atoms with Crippen LogP contribution in [0, 0.1) is 41.5 Å². The van der Waals surface area contributed by atoms with Gasteiger partial charge in [-0.05, 0) is 178 Å². The summed E-state index contributed by atoms with van der Waals surface area (Å²) in [4.78, 5) is 0. The minimum atomic E-state index is -1.81. The van der Waals surface area contributed by atoms with Crippen LogP contribution in [0.5, 0.6) is 34.5 Å². The van der Waals surface area contributed by atoms with E-state index in [-0.39, 0.29) is 17.2 Å². The van der Waals surface area contributed by atoms with Crippen molar-refractivity contribution in [2.75, 3.05) is 14.2 Å². The van der Waals surface area contributed by atoms with E-state index in [1.807, 2.05) is 71.9 Å². The Morgan fingerprint density at radius 2 is 0.922 bits per heavy atom. The summed E-state index contributed by atoms with van der Waals surface area (Å²) in [6.45, 7) is 11.5. The van der Waals surface area contributed by atoms with Crippen LogP contribution in [-0.2, 0) is 33.8 Å². The third-order valence-corrected chi connectivity index (χ3v) is 13.0. The SMILES string of the molecule is Cc1cc(NS(=O)Oc2ccccc2)c(O)c(C)c1C.Cc1cc(O)c(NS(=O)Oc2ccc(Cl)cc2)cc1C.Cc1cc(O)c(NS(=O)Oc2ccccc2)cc1C1CCCCC1. The second-order valence-corrected chi connectivity index (χ2v) is 18.2. The molecule has 6 N–H and O–H groups in total. The Kier molecular flexibility index (Phi) is 18.3. The van der Waals surface area contributed by atoms with Crippen molar-refractivity contribution in [3.05, 3.63) is 159 Å². The van der Waals surface area contributed by atoms with Gasteiger partial charge >= 0.3 is 33.8 Å². The number of aryl methyl sites for hydroxylation is 4. The zero-order valence-corrected chi connectivity index (χ0v) is 39.7. The maximum absolute atomic E-state index is 12.2. The summed E-state index contributed by atoms with van der Waals surface area (Å²) >= 11 is 0.417. The van der Waals surface area contributed by atoms with Crippen molar-refractivity contribution in [1.29, 1.82) is 0 Å². The molecular weight excluding hydrogens is 894 g/mol. The van der Waals surface area contributed by atoms with Gasteiger partial charge in [0.1, 0.15) is 34.5 Å². The zero-order chi connectivity index (χ0) is 46.3. The zero-order valence-electron chi connectivity index (χ0n) is 36.5. The molecule has 0 amide bonds. The van der Waals surface area contributed by atoms with Crippen molar-refractivity contribution in [2.24, 2.45) is 0 Å². The molecule has 0 spiro atoms. The standard InChI is InChI=1S/C19H23NO3S.C15H17NO3S.C14H14ClNO3S/c1-14-12-19(21)18(13-17(14)15-8-4-2-5-9-15)20-24(22)23-16-10-6-3-7-11-16;1-10-9-14(15(17)12(3)11(10)2)16-20(18)19-13-7-5-4-6-8-13;1-9-7-13(14(17)8-10(9)2)16-20(18)19-12-5-3-11(15)4-6-12/h3,6-7,10-13,15,20-21H,2,4-5,8-9H2,1H3;4-9,16-17H,1-3H3;3-8,16-17H,1-2H3. The van der Waals surface area contributed by atoms with Gasteiger partial charge in [0.05, 0.1) is 17.1 Å². The molecule has 16 heteroatoms. The lowest BCUT2D eigenvalue weighted by atomic mass is 9.82. The molecule has 1 aliphatic rings. The Morgan fingerprint density at radius 3 is 1.44 bits per heavy atom. The molecule has 0 aromatic heterocycles. The number of benzene rings is 6. The van der Waals surface area contributed by atoms with Gasteiger partial charge in [0.25, 0.3) is 0 Å². The second-order valence-electron chi connectivity index (χ2n) is 15.2. The average molecular weight is 949 g/mol. The maximum Gasteiger partial charge on any atom is 0.316 e. The molecule has 0 saturated heterocycles. The predicted molar refractivity (Wildman–Crippen MR) is 260 cm³/mol. The molecule has 0 heterocycles. The van der Waals surface area contributed by atoms with Gasteiger partial charge in [-0.3, -0.25) is 14.2 Å². The van der Waals surface area contributed by atoms with Gasteiger partial charge in [-0.1, -0.05) is 67.3 Å². The second kappa shape index (κ2) is 23.8. The number of aromatic hydroxyl groups is 3. The number of nitrogens with one attached hydrogen (secondary N) is 3. The summed E-state index contributed by atoms with van der Waals surface area (Å²) in [5.41, 5.74) is 8.26. The summed E-state index contributed by atoms with van der Waals surface area (Å²) in [6.07, 6.45) is 6.14. The number of anilines is 3. The smallest absolute Gasteiger partial charge is 0.316 e. The number of hydrogen-bond acceptors (Lipinski definition) is 9. The summed E-state index contributed by atoms with van der Waals surface area (Å²) in [5.74, 6) is 2.17. The third kappa shape index (κ3) is 14.7. The molecule has 64 heavy (non-hydrogen) atoms. The number of hydrogen-bond donors (Lipinski definition) is 6. The van der Waals surface area contributed by atoms with Crippen LogP contribution in [0.1, 0.15) is 77.0 Å². The summed E-state index contributed by atoms with van der Waals surface area (Å²) < 4.78 is 59.7. The fourth-order valence-corrected chi connectivity index (χ4v) is 8.84. The molecule has 6 aromatic rings. The van der Waals surface area contributed by atoms with Gasteiger partial charge in [0.15, 0.2) is 0 Å². The van der Waals surface area contributed by atoms with Crippen molar-refractivity contribution >= 4 is 62.5 Å². The van der Waals surface area contributed by atoms with E-state index in [0.717, 1.165) is 33.4 Å². The molecule has 0 aliphatic heterocycles. The van der Waals surface area contributed by atoms with Gasteiger partial charge < -0.3 is 27.9 Å². The third-order valence-electron chi connectivity index (χ3n) is 10.6. The molecule has 3 atom stereocenters. The molecule has 0 bridgehead atoms. The molecule has 0 radical (unpaired) electrons. The van der Waals surface area contributed by atoms with Crippen LogP contribution in [-0.4, -0.2) is 27.9 Å². The van der Waals surface area contributed by atoms with Gasteiger partial charge in [-0.15, -0.1) is 0 Å². The lowest BCUT2D eigenvalue weighted by Gasteiger charge is -2.24. The van der Waals surface area contributed by atoms with E-state index >= 15 is 0 Å². The molecule has 1 saturated carbocycles. The van der Waals surface area contributed by atoms with Crippen LogP contribution in [0.15, 0.2) is 115 Å². The number of phenolic OH excluding ortho intramolecular Hbond substituents is 3. The Balaban J connectivity index is 0.000000182. The number of para-hydroxylation sites is 2. The Morgan fingerprint density at radius 1 is 0.500 bits per heavy atom. The monoisotopic (exact) mass is 947 g/mol. The van der Waals surface area contributed by atoms with Crippen molar-refractivity contribution in [3.8, 4) is 34.5 Å². The van der Waals surface area contributed by atoms with E-state index in [9.17, 15) is 27.9 Å². The highest BCUT2D eigenvalue weighted by atomic mass is 35.5. The first kappa shape index (κ1) is 49.3. The molecule has 7 rings (SSSR count). The predicted octanol–water partition coefficient (Wildman–Crippen LogP) is 11.9. The topological polar surface area (TPSA) is 176 Å². The van der Waals surface area contributed by atoms with E-state index in [2.05, 4.69) is 14.2 Å². The molecule has 3 unspecified atom stereocenters. The lowest BCUT2D eigenvalue weighted by Crippen LogP contribution is -2.12. The van der Waals surface area contributed by atoms with Crippen LogP contribution in [0.4, 0.5) is 17.1 Å². The van der Waals surface area contributed by atoms with E-state index in [1.54, 1.807) is 84.9 Å². The van der Waals surface area contributed by atoms with Crippen LogP contribution >= 0.6 is 11.6 Å². The van der Waals surface area contributed by atoms with Crippen molar-refractivity contribution in [2.45, 2.75) is 79.6 Å². The quantitative estimate of drug-likeness (QED) is 0.0615. The van der Waals surface area contributed by atoms with Crippen LogP contribution in [0.2, 0.25) is 5.02 Å². The van der Waals surface area contributed by atoms with E-state index in [1.165, 1.54) is 37.7 Å². The van der Waals surface area contributed by atoms with Crippen LogP contribution in [0.3, 0.4) is 0 Å². The lowest BCUT2D eigenvalue weighted by molar-refractivity contribution is 0.440. The molecule has 6 aromatic carbocycles. The van der Waals surface area contributed by atoms with Gasteiger partial charge in [0.2, 0.25) is 0 Å². The number of phenols is 3. The largest absolute Gasteiger partial charge is 0.506 e. The minimum Gasteiger partial charge on any atom is -0.506 e. The summed E-state index contributed by atoms with van der Waals surface area (Å²) in [6, 6.07) is 33.1.